The minimum Gasteiger partial charge on any atom is -0.482 e. The van der Waals surface area contributed by atoms with Crippen molar-refractivity contribution in [3.8, 4) is 5.75 Å². The summed E-state index contributed by atoms with van der Waals surface area (Å²) in [6.45, 7) is 1.46. The number of hydrogen-bond acceptors (Lipinski definition) is 6. The Kier molecular flexibility index (Phi) is 6.96. The fraction of sp³-hybridized carbons (Fsp3) is 0.0952. The lowest BCUT2D eigenvalue weighted by Gasteiger charge is -2.12. The quantitative estimate of drug-likeness (QED) is 0.367. The maximum atomic E-state index is 12.6. The summed E-state index contributed by atoms with van der Waals surface area (Å²) in [6, 6.07) is 16.2. The van der Waals surface area contributed by atoms with Gasteiger partial charge in [0.15, 0.2) is 6.61 Å². The molecule has 0 aliphatic carbocycles. The molecule has 0 fully saturated rings. The molecule has 9 nitrogen and oxygen atoms in total. The summed E-state index contributed by atoms with van der Waals surface area (Å²) in [6.07, 6.45) is 0. The molecular formula is C21H18ClN3O6S. The summed E-state index contributed by atoms with van der Waals surface area (Å²) >= 11 is 6.13. The molecule has 1 amide bonds. The Labute approximate surface area is 189 Å². The predicted molar refractivity (Wildman–Crippen MR) is 121 cm³/mol. The lowest BCUT2D eigenvalue weighted by Crippen LogP contribution is -2.20. The van der Waals surface area contributed by atoms with Gasteiger partial charge >= 0.3 is 0 Å². The fourth-order valence-corrected chi connectivity index (χ4v) is 4.02. The minimum atomic E-state index is -3.87. The molecule has 0 saturated heterocycles. The molecule has 0 aromatic heterocycles. The van der Waals surface area contributed by atoms with Gasteiger partial charge in [0.1, 0.15) is 5.75 Å². The average Bonchev–Trinajstić information content (AvgIpc) is 2.74. The molecule has 0 aliphatic rings. The second-order valence-electron chi connectivity index (χ2n) is 6.71. The number of non-ortho nitro benzene ring substituents is 1. The van der Waals surface area contributed by atoms with E-state index in [0.717, 1.165) is 5.56 Å². The minimum absolute atomic E-state index is 0.0000648. The number of sulfonamides is 1. The van der Waals surface area contributed by atoms with Crippen molar-refractivity contribution < 1.29 is 22.9 Å². The van der Waals surface area contributed by atoms with Gasteiger partial charge in [-0.25, -0.2) is 8.42 Å². The third-order valence-corrected chi connectivity index (χ3v) is 5.89. The lowest BCUT2D eigenvalue weighted by atomic mass is 10.2. The van der Waals surface area contributed by atoms with Crippen LogP contribution < -0.4 is 14.8 Å². The number of halogens is 1. The van der Waals surface area contributed by atoms with Gasteiger partial charge in [0, 0.05) is 23.5 Å². The van der Waals surface area contributed by atoms with E-state index in [9.17, 15) is 23.3 Å². The van der Waals surface area contributed by atoms with Gasteiger partial charge in [0.05, 0.1) is 14.8 Å². The molecule has 3 aromatic carbocycles. The molecule has 0 saturated carbocycles. The molecule has 0 heterocycles. The second kappa shape index (κ2) is 9.67. The van der Waals surface area contributed by atoms with Gasteiger partial charge in [-0.3, -0.25) is 19.6 Å². The molecule has 0 radical (unpaired) electrons. The van der Waals surface area contributed by atoms with Crippen LogP contribution in [0, 0.1) is 17.0 Å². The Hall–Kier alpha value is -3.63. The van der Waals surface area contributed by atoms with Crippen LogP contribution in [-0.4, -0.2) is 25.9 Å². The zero-order valence-corrected chi connectivity index (χ0v) is 18.3. The van der Waals surface area contributed by atoms with Crippen molar-refractivity contribution in [2.24, 2.45) is 0 Å². The predicted octanol–water partition coefficient (Wildman–Crippen LogP) is 4.37. The molecule has 0 aliphatic heterocycles. The molecule has 2 N–H and O–H groups in total. The van der Waals surface area contributed by atoms with Crippen molar-refractivity contribution in [3.63, 3.8) is 0 Å². The smallest absolute Gasteiger partial charge is 0.271 e. The highest BCUT2D eigenvalue weighted by molar-refractivity contribution is 7.92. The second-order valence-corrected chi connectivity index (χ2v) is 8.80. The van der Waals surface area contributed by atoms with E-state index in [1.807, 2.05) is 6.92 Å². The molecule has 3 aromatic rings. The molecule has 32 heavy (non-hydrogen) atoms. The highest BCUT2D eigenvalue weighted by atomic mass is 35.5. The number of rotatable bonds is 8. The third kappa shape index (κ3) is 5.96. The van der Waals surface area contributed by atoms with Gasteiger partial charge in [-0.05, 0) is 43.3 Å². The van der Waals surface area contributed by atoms with Crippen LogP contribution in [0.5, 0.6) is 5.75 Å². The number of benzene rings is 3. The molecule has 0 unspecified atom stereocenters. The van der Waals surface area contributed by atoms with Gasteiger partial charge in [0.25, 0.3) is 21.6 Å². The van der Waals surface area contributed by atoms with Crippen molar-refractivity contribution >= 4 is 44.6 Å². The number of carbonyl (C=O) groups is 1. The maximum absolute atomic E-state index is 12.6. The largest absolute Gasteiger partial charge is 0.482 e. The lowest BCUT2D eigenvalue weighted by molar-refractivity contribution is -0.384. The number of carbonyl (C=O) groups excluding carboxylic acids is 1. The Morgan fingerprint density at radius 3 is 2.44 bits per heavy atom. The summed E-state index contributed by atoms with van der Waals surface area (Å²) in [5.74, 6) is -0.463. The SMILES string of the molecule is Cc1ccc(NS(=O)(=O)c2ccc(OCC(=O)Nc3cccc([N+](=O)[O-])c3)c(Cl)c2)cc1. The standard InChI is InChI=1S/C21H18ClN3O6S/c1-14-5-7-15(8-6-14)24-32(29,30)18-9-10-20(19(22)12-18)31-13-21(26)23-16-3-2-4-17(11-16)25(27)28/h2-12,24H,13H2,1H3,(H,23,26). The fourth-order valence-electron chi connectivity index (χ4n) is 2.64. The van der Waals surface area contributed by atoms with Gasteiger partial charge in [-0.2, -0.15) is 0 Å². The number of nitrogens with one attached hydrogen (secondary N) is 2. The average molecular weight is 476 g/mol. The number of nitro groups is 1. The van der Waals surface area contributed by atoms with Crippen LogP contribution in [0.1, 0.15) is 5.56 Å². The normalized spacial score (nSPS) is 10.9. The van der Waals surface area contributed by atoms with E-state index in [1.165, 1.54) is 42.5 Å². The number of hydrogen-bond donors (Lipinski definition) is 2. The first-order valence-corrected chi connectivity index (χ1v) is 11.1. The number of amides is 1. The Morgan fingerprint density at radius 1 is 1.06 bits per heavy atom. The van der Waals surface area contributed by atoms with Crippen LogP contribution >= 0.6 is 11.6 Å². The van der Waals surface area contributed by atoms with E-state index in [4.69, 9.17) is 16.3 Å². The van der Waals surface area contributed by atoms with Crippen LogP contribution in [0.2, 0.25) is 5.02 Å². The van der Waals surface area contributed by atoms with Crippen LogP contribution in [0.15, 0.2) is 71.6 Å². The first-order chi connectivity index (χ1) is 15.1. The van der Waals surface area contributed by atoms with Crippen LogP contribution in [0.25, 0.3) is 0 Å². The monoisotopic (exact) mass is 475 g/mol. The zero-order chi connectivity index (χ0) is 23.3. The summed E-state index contributed by atoms with van der Waals surface area (Å²) in [5.41, 5.74) is 1.47. The topological polar surface area (TPSA) is 128 Å². The van der Waals surface area contributed by atoms with E-state index >= 15 is 0 Å². The number of anilines is 2. The Bertz CT molecular complexity index is 1260. The number of aryl methyl sites for hydroxylation is 1. The van der Waals surface area contributed by atoms with Gasteiger partial charge in [-0.1, -0.05) is 35.4 Å². The molecule has 11 heteroatoms. The van der Waals surface area contributed by atoms with Crippen molar-refractivity contribution in [2.75, 3.05) is 16.6 Å². The van der Waals surface area contributed by atoms with Crippen LogP contribution in [0.3, 0.4) is 0 Å². The van der Waals surface area contributed by atoms with Gasteiger partial charge < -0.3 is 10.1 Å². The number of nitro benzene ring substituents is 1. The van der Waals surface area contributed by atoms with E-state index in [2.05, 4.69) is 10.0 Å². The highest BCUT2D eigenvalue weighted by Crippen LogP contribution is 2.28. The van der Waals surface area contributed by atoms with Crippen molar-refractivity contribution in [1.29, 1.82) is 0 Å². The zero-order valence-electron chi connectivity index (χ0n) is 16.7. The molecule has 0 spiro atoms. The third-order valence-electron chi connectivity index (χ3n) is 4.22. The van der Waals surface area contributed by atoms with Gasteiger partial charge in [-0.15, -0.1) is 0 Å². The number of ether oxygens (including phenoxy) is 1. The highest BCUT2D eigenvalue weighted by Gasteiger charge is 2.17. The summed E-state index contributed by atoms with van der Waals surface area (Å²) in [4.78, 5) is 22.2. The van der Waals surface area contributed by atoms with E-state index in [1.54, 1.807) is 24.3 Å². The van der Waals surface area contributed by atoms with E-state index < -0.39 is 27.5 Å². The molecular weight excluding hydrogens is 458 g/mol. The van der Waals surface area contributed by atoms with E-state index in [-0.39, 0.29) is 27.0 Å². The summed E-state index contributed by atoms with van der Waals surface area (Å²) < 4.78 is 33.0. The molecule has 3 rings (SSSR count). The molecule has 0 bridgehead atoms. The van der Waals surface area contributed by atoms with Crippen LogP contribution in [-0.2, 0) is 14.8 Å². The molecule has 0 atom stereocenters. The van der Waals surface area contributed by atoms with Crippen molar-refractivity contribution in [1.82, 2.24) is 0 Å². The molecule has 166 valence electrons. The van der Waals surface area contributed by atoms with Crippen molar-refractivity contribution in [2.45, 2.75) is 11.8 Å². The first-order valence-electron chi connectivity index (χ1n) is 9.20. The maximum Gasteiger partial charge on any atom is 0.271 e. The Morgan fingerprint density at radius 2 is 1.78 bits per heavy atom. The summed E-state index contributed by atoms with van der Waals surface area (Å²) in [5, 5.41) is 13.3. The van der Waals surface area contributed by atoms with Gasteiger partial charge in [0.2, 0.25) is 0 Å². The number of nitrogens with zero attached hydrogens (tertiary/aromatic N) is 1. The Balaban J connectivity index is 1.63. The summed E-state index contributed by atoms with van der Waals surface area (Å²) in [7, 11) is -3.87. The van der Waals surface area contributed by atoms with E-state index in [0.29, 0.717) is 5.69 Å². The van der Waals surface area contributed by atoms with Crippen molar-refractivity contribution in [3.05, 3.63) is 87.4 Å². The first kappa shape index (κ1) is 23.0. The van der Waals surface area contributed by atoms with Crippen LogP contribution in [0.4, 0.5) is 17.1 Å².